The molecule has 6 nitrogen and oxygen atoms in total. The first-order valence-corrected chi connectivity index (χ1v) is 10.1. The number of quaternary nitrogens is 1. The Bertz CT molecular complexity index is 857. The Labute approximate surface area is 171 Å². The molecular weight excluding hydrogens is 366 g/mol. The molecule has 0 aromatic heterocycles. The normalized spacial score (nSPS) is 19.8. The van der Waals surface area contributed by atoms with Crippen molar-refractivity contribution in [3.63, 3.8) is 0 Å². The van der Waals surface area contributed by atoms with E-state index in [1.54, 1.807) is 24.3 Å². The summed E-state index contributed by atoms with van der Waals surface area (Å²) in [5.74, 6) is -0.0196. The summed E-state index contributed by atoms with van der Waals surface area (Å²) in [6.45, 7) is 5.00. The minimum Gasteiger partial charge on any atom is -0.326 e. The molecular formula is C23H28N3O3+. The summed E-state index contributed by atoms with van der Waals surface area (Å²) < 4.78 is 0. The largest absolute Gasteiger partial charge is 0.326 e. The van der Waals surface area contributed by atoms with Gasteiger partial charge in [0.2, 0.25) is 5.91 Å². The van der Waals surface area contributed by atoms with Crippen LogP contribution >= 0.6 is 0 Å². The Kier molecular flexibility index (Phi) is 6.77. The van der Waals surface area contributed by atoms with Crippen molar-refractivity contribution in [2.45, 2.75) is 32.7 Å². The molecule has 0 radical (unpaired) electrons. The molecule has 3 N–H and O–H groups in total. The highest BCUT2D eigenvalue weighted by atomic mass is 16.2. The van der Waals surface area contributed by atoms with Gasteiger partial charge in [-0.2, -0.15) is 0 Å². The van der Waals surface area contributed by atoms with Crippen molar-refractivity contribution < 1.29 is 19.3 Å². The highest BCUT2D eigenvalue weighted by Crippen LogP contribution is 2.15. The number of amides is 2. The molecule has 1 heterocycles. The van der Waals surface area contributed by atoms with Crippen LogP contribution in [0.4, 0.5) is 11.4 Å². The molecule has 1 aliphatic heterocycles. The average molecular weight is 394 g/mol. The number of carbonyl (C=O) groups is 3. The number of para-hydroxylation sites is 1. The molecule has 2 aromatic rings. The molecule has 29 heavy (non-hydrogen) atoms. The van der Waals surface area contributed by atoms with Gasteiger partial charge in [0, 0.05) is 35.7 Å². The molecule has 1 aliphatic rings. The molecule has 152 valence electrons. The van der Waals surface area contributed by atoms with Crippen molar-refractivity contribution in [2.75, 3.05) is 23.7 Å². The van der Waals surface area contributed by atoms with Crippen LogP contribution in [0, 0.1) is 5.92 Å². The Morgan fingerprint density at radius 3 is 2.07 bits per heavy atom. The lowest BCUT2D eigenvalue weighted by atomic mass is 9.94. The summed E-state index contributed by atoms with van der Waals surface area (Å²) in [5.41, 5.74) is 2.12. The van der Waals surface area contributed by atoms with Crippen molar-refractivity contribution in [1.29, 1.82) is 0 Å². The zero-order valence-electron chi connectivity index (χ0n) is 16.9. The Hall–Kier alpha value is -2.99. The lowest BCUT2D eigenvalue weighted by molar-refractivity contribution is -0.919. The van der Waals surface area contributed by atoms with Gasteiger partial charge in [0.1, 0.15) is 0 Å². The van der Waals surface area contributed by atoms with E-state index in [0.717, 1.165) is 31.6 Å². The number of hydrogen-bond donors (Lipinski definition) is 3. The first kappa shape index (κ1) is 20.7. The van der Waals surface area contributed by atoms with Crippen molar-refractivity contribution in [2.24, 2.45) is 5.92 Å². The lowest BCUT2D eigenvalue weighted by Crippen LogP contribution is -3.17. The summed E-state index contributed by atoms with van der Waals surface area (Å²) in [5, 5.41) is 5.89. The van der Waals surface area contributed by atoms with Gasteiger partial charge in [0.05, 0.1) is 13.1 Å². The van der Waals surface area contributed by atoms with Crippen LogP contribution in [0.3, 0.4) is 0 Å². The van der Waals surface area contributed by atoms with Crippen LogP contribution in [0.15, 0.2) is 54.6 Å². The lowest BCUT2D eigenvalue weighted by Gasteiger charge is -2.32. The predicted octanol–water partition coefficient (Wildman–Crippen LogP) is 2.15. The maximum atomic E-state index is 12.6. The van der Waals surface area contributed by atoms with E-state index < -0.39 is 0 Å². The molecule has 0 aliphatic carbocycles. The van der Waals surface area contributed by atoms with Crippen molar-refractivity contribution in [3.05, 3.63) is 60.2 Å². The molecule has 2 aromatic carbocycles. The fourth-order valence-corrected chi connectivity index (χ4v) is 3.67. The second-order valence-electron chi connectivity index (χ2n) is 7.63. The van der Waals surface area contributed by atoms with Crippen LogP contribution in [-0.2, 0) is 9.59 Å². The van der Waals surface area contributed by atoms with Gasteiger partial charge >= 0.3 is 0 Å². The molecule has 1 atom stereocenters. The number of hydrogen-bond acceptors (Lipinski definition) is 3. The Balaban J connectivity index is 1.48. The van der Waals surface area contributed by atoms with E-state index in [1.807, 2.05) is 37.3 Å². The van der Waals surface area contributed by atoms with E-state index in [1.165, 1.54) is 11.8 Å². The first-order chi connectivity index (χ1) is 13.9. The van der Waals surface area contributed by atoms with Crippen LogP contribution < -0.4 is 15.5 Å². The second kappa shape index (κ2) is 9.47. The third kappa shape index (κ3) is 5.51. The quantitative estimate of drug-likeness (QED) is 0.657. The number of nitrogens with one attached hydrogen (secondary N) is 3. The predicted molar refractivity (Wildman–Crippen MR) is 113 cm³/mol. The molecule has 0 saturated carbocycles. The highest BCUT2D eigenvalue weighted by molar-refractivity contribution is 5.96. The zero-order valence-corrected chi connectivity index (χ0v) is 16.9. The Morgan fingerprint density at radius 2 is 1.48 bits per heavy atom. The molecule has 0 spiro atoms. The van der Waals surface area contributed by atoms with Gasteiger partial charge in [0.15, 0.2) is 11.8 Å². The van der Waals surface area contributed by atoms with Crippen LogP contribution in [-0.4, -0.2) is 36.7 Å². The molecule has 2 amide bonds. The van der Waals surface area contributed by atoms with Gasteiger partial charge in [-0.25, -0.2) is 0 Å². The number of piperidine rings is 1. The molecule has 0 bridgehead atoms. The van der Waals surface area contributed by atoms with E-state index >= 15 is 0 Å². The number of likely N-dealkylation sites (tertiary alicyclic amines) is 1. The summed E-state index contributed by atoms with van der Waals surface area (Å²) in [6, 6.07) is 16.2. The van der Waals surface area contributed by atoms with E-state index in [-0.39, 0.29) is 29.6 Å². The monoisotopic (exact) mass is 394 g/mol. The number of anilines is 2. The van der Waals surface area contributed by atoms with Gasteiger partial charge in [-0.15, -0.1) is 0 Å². The number of carbonyl (C=O) groups excluding carboxylic acids is 3. The number of rotatable bonds is 6. The Morgan fingerprint density at radius 1 is 0.897 bits per heavy atom. The maximum Gasteiger partial charge on any atom is 0.282 e. The summed E-state index contributed by atoms with van der Waals surface area (Å²) in [6.07, 6.45) is 1.53. The number of Topliss-reactive ketones (excluding diaryl/α,β-unsaturated/α-hetero) is 1. The van der Waals surface area contributed by atoms with Gasteiger partial charge < -0.3 is 15.5 Å². The average Bonchev–Trinajstić information content (AvgIpc) is 2.74. The van der Waals surface area contributed by atoms with Crippen LogP contribution in [0.2, 0.25) is 0 Å². The summed E-state index contributed by atoms with van der Waals surface area (Å²) in [4.78, 5) is 37.6. The van der Waals surface area contributed by atoms with E-state index in [2.05, 4.69) is 10.6 Å². The highest BCUT2D eigenvalue weighted by Gasteiger charge is 2.32. The smallest absolute Gasteiger partial charge is 0.282 e. The van der Waals surface area contributed by atoms with Crippen LogP contribution in [0.5, 0.6) is 0 Å². The fraction of sp³-hybridized carbons (Fsp3) is 0.348. The summed E-state index contributed by atoms with van der Waals surface area (Å²) >= 11 is 0. The molecule has 6 heteroatoms. The van der Waals surface area contributed by atoms with E-state index in [0.29, 0.717) is 11.3 Å². The number of benzene rings is 2. The summed E-state index contributed by atoms with van der Waals surface area (Å²) in [7, 11) is 0. The SMILES string of the molecule is CC(=O)c1ccc(NC(=O)[C@@H](C)[NH+]2CCC(C(=O)Nc3ccccc3)CC2)cc1. The zero-order chi connectivity index (χ0) is 20.8. The van der Waals surface area contributed by atoms with Gasteiger partial charge in [0.25, 0.3) is 5.91 Å². The second-order valence-corrected chi connectivity index (χ2v) is 7.63. The van der Waals surface area contributed by atoms with Crippen LogP contribution in [0.25, 0.3) is 0 Å². The third-order valence-electron chi connectivity index (χ3n) is 5.60. The standard InChI is InChI=1S/C23H27N3O3/c1-16(22(28)24-21-10-8-18(9-11-21)17(2)27)26-14-12-19(13-15-26)23(29)25-20-6-4-3-5-7-20/h3-11,16,19H,12-15H2,1-2H3,(H,24,28)(H,25,29)/p+1/t16-/m1/s1. The van der Waals surface area contributed by atoms with Crippen molar-refractivity contribution in [1.82, 2.24) is 0 Å². The minimum atomic E-state index is -0.208. The molecule has 0 unspecified atom stereocenters. The van der Waals surface area contributed by atoms with E-state index in [4.69, 9.17) is 0 Å². The topological polar surface area (TPSA) is 79.7 Å². The third-order valence-corrected chi connectivity index (χ3v) is 5.60. The molecule has 1 fully saturated rings. The maximum absolute atomic E-state index is 12.6. The number of ketones is 1. The van der Waals surface area contributed by atoms with Crippen molar-refractivity contribution >= 4 is 29.0 Å². The van der Waals surface area contributed by atoms with Gasteiger partial charge in [-0.1, -0.05) is 18.2 Å². The van der Waals surface area contributed by atoms with Gasteiger partial charge in [-0.05, 0) is 50.2 Å². The minimum absolute atomic E-state index is 0.000129. The van der Waals surface area contributed by atoms with Gasteiger partial charge in [-0.3, -0.25) is 14.4 Å². The van der Waals surface area contributed by atoms with E-state index in [9.17, 15) is 14.4 Å². The fourth-order valence-electron chi connectivity index (χ4n) is 3.67. The molecule has 3 rings (SSSR count). The first-order valence-electron chi connectivity index (χ1n) is 10.1. The van der Waals surface area contributed by atoms with Crippen LogP contribution in [0.1, 0.15) is 37.0 Å². The van der Waals surface area contributed by atoms with Crippen molar-refractivity contribution in [3.8, 4) is 0 Å². The molecule has 1 saturated heterocycles.